The highest BCUT2D eigenvalue weighted by atomic mass is 35.5. The second-order valence-electron chi connectivity index (χ2n) is 3.54. The van der Waals surface area contributed by atoms with Crippen LogP contribution in [0, 0.1) is 0 Å². The highest BCUT2D eigenvalue weighted by Gasteiger charge is 2.29. The molecule has 0 aliphatic rings. The molecule has 1 aromatic carbocycles. The van der Waals surface area contributed by atoms with E-state index in [1.807, 2.05) is 0 Å². The fourth-order valence-electron chi connectivity index (χ4n) is 1.38. The number of nitrogens with one attached hydrogen (secondary N) is 1. The summed E-state index contributed by atoms with van der Waals surface area (Å²) in [5.41, 5.74) is 0.363. The van der Waals surface area contributed by atoms with Gasteiger partial charge in [0.05, 0.1) is 11.3 Å². The number of halogens is 4. The summed E-state index contributed by atoms with van der Waals surface area (Å²) >= 11 is 5.82. The molecule has 0 aliphatic carbocycles. The lowest BCUT2D eigenvalue weighted by atomic mass is 10.2. The van der Waals surface area contributed by atoms with E-state index < -0.39 is 11.7 Å². The molecule has 2 aromatic rings. The van der Waals surface area contributed by atoms with Crippen LogP contribution in [-0.4, -0.2) is 4.98 Å². The van der Waals surface area contributed by atoms with Gasteiger partial charge in [-0.25, -0.2) is 4.98 Å². The molecule has 0 bridgehead atoms. The van der Waals surface area contributed by atoms with Gasteiger partial charge in [0.2, 0.25) is 0 Å². The molecule has 0 saturated heterocycles. The van der Waals surface area contributed by atoms with E-state index in [4.69, 9.17) is 11.6 Å². The van der Waals surface area contributed by atoms with Gasteiger partial charge in [-0.05, 0) is 36.4 Å². The molecule has 1 aromatic heterocycles. The van der Waals surface area contributed by atoms with Crippen molar-refractivity contribution in [2.75, 3.05) is 5.32 Å². The predicted octanol–water partition coefficient (Wildman–Crippen LogP) is 4.50. The van der Waals surface area contributed by atoms with Crippen LogP contribution in [0.15, 0.2) is 42.6 Å². The van der Waals surface area contributed by atoms with Crippen molar-refractivity contribution >= 4 is 23.0 Å². The number of alkyl halides is 3. The highest BCUT2D eigenvalue weighted by Crippen LogP contribution is 2.30. The Morgan fingerprint density at radius 2 is 1.72 bits per heavy atom. The van der Waals surface area contributed by atoms with Crippen molar-refractivity contribution in [1.29, 1.82) is 0 Å². The van der Waals surface area contributed by atoms with E-state index in [0.29, 0.717) is 11.4 Å². The van der Waals surface area contributed by atoms with Crippen LogP contribution < -0.4 is 5.32 Å². The monoisotopic (exact) mass is 272 g/mol. The van der Waals surface area contributed by atoms with E-state index in [1.54, 1.807) is 12.1 Å². The zero-order valence-electron chi connectivity index (χ0n) is 9.00. The number of benzene rings is 1. The molecule has 0 spiro atoms. The van der Waals surface area contributed by atoms with Crippen molar-refractivity contribution in [2.24, 2.45) is 0 Å². The van der Waals surface area contributed by atoms with Crippen LogP contribution in [0.2, 0.25) is 5.15 Å². The molecule has 0 atom stereocenters. The molecule has 0 amide bonds. The third-order valence-corrected chi connectivity index (χ3v) is 2.55. The summed E-state index contributed by atoms with van der Waals surface area (Å²) in [6.07, 6.45) is -2.80. The maximum absolute atomic E-state index is 12.4. The lowest BCUT2D eigenvalue weighted by Crippen LogP contribution is -2.04. The number of rotatable bonds is 2. The second kappa shape index (κ2) is 4.86. The summed E-state index contributed by atoms with van der Waals surface area (Å²) in [5.74, 6) is 0. The zero-order valence-corrected chi connectivity index (χ0v) is 9.76. The first-order valence-corrected chi connectivity index (χ1v) is 5.39. The van der Waals surface area contributed by atoms with Gasteiger partial charge in [0.15, 0.2) is 5.15 Å². The van der Waals surface area contributed by atoms with Gasteiger partial charge in [0.25, 0.3) is 0 Å². The number of anilines is 2. The van der Waals surface area contributed by atoms with Crippen molar-refractivity contribution in [2.45, 2.75) is 6.18 Å². The molecule has 0 aliphatic heterocycles. The van der Waals surface area contributed by atoms with Crippen molar-refractivity contribution in [3.63, 3.8) is 0 Å². The molecule has 18 heavy (non-hydrogen) atoms. The molecule has 0 saturated carbocycles. The largest absolute Gasteiger partial charge is 0.416 e. The number of pyridine rings is 1. The Hall–Kier alpha value is -1.75. The van der Waals surface area contributed by atoms with Crippen LogP contribution >= 0.6 is 11.6 Å². The Bertz CT molecular complexity index is 538. The van der Waals surface area contributed by atoms with Crippen molar-refractivity contribution < 1.29 is 13.2 Å². The standard InChI is InChI=1S/C12H8ClF3N2/c13-11-10(2-1-7-17-11)18-9-5-3-8(4-6-9)12(14,15)16/h1-7,18H. The van der Waals surface area contributed by atoms with Crippen LogP contribution in [0.5, 0.6) is 0 Å². The van der Waals surface area contributed by atoms with Crippen LogP contribution in [0.3, 0.4) is 0 Å². The summed E-state index contributed by atoms with van der Waals surface area (Å²) in [5, 5.41) is 3.15. The number of hydrogen-bond donors (Lipinski definition) is 1. The third kappa shape index (κ3) is 2.92. The maximum Gasteiger partial charge on any atom is 0.416 e. The van der Waals surface area contributed by atoms with Crippen LogP contribution in [0.25, 0.3) is 0 Å². The SMILES string of the molecule is FC(F)(F)c1ccc(Nc2cccnc2Cl)cc1. The molecule has 1 heterocycles. The van der Waals surface area contributed by atoms with Crippen molar-refractivity contribution in [1.82, 2.24) is 4.98 Å². The molecular weight excluding hydrogens is 265 g/mol. The van der Waals surface area contributed by atoms with Gasteiger partial charge < -0.3 is 5.32 Å². The number of nitrogens with zero attached hydrogens (tertiary/aromatic N) is 1. The molecule has 0 unspecified atom stereocenters. The summed E-state index contributed by atoms with van der Waals surface area (Å²) in [6, 6.07) is 8.06. The summed E-state index contributed by atoms with van der Waals surface area (Å²) in [7, 11) is 0. The molecule has 1 N–H and O–H groups in total. The van der Waals surface area contributed by atoms with Crippen molar-refractivity contribution in [3.8, 4) is 0 Å². The zero-order chi connectivity index (χ0) is 13.2. The topological polar surface area (TPSA) is 24.9 Å². The van der Waals surface area contributed by atoms with Gasteiger partial charge in [-0.15, -0.1) is 0 Å². The molecule has 0 radical (unpaired) electrons. The molecule has 0 fully saturated rings. The Labute approximate surface area is 106 Å². The van der Waals surface area contributed by atoms with Gasteiger partial charge in [-0.2, -0.15) is 13.2 Å². The van der Waals surface area contributed by atoms with Gasteiger partial charge in [0, 0.05) is 11.9 Å². The smallest absolute Gasteiger partial charge is 0.353 e. The Morgan fingerprint density at radius 1 is 1.06 bits per heavy atom. The van der Waals surface area contributed by atoms with Crippen LogP contribution in [0.4, 0.5) is 24.5 Å². The summed E-state index contributed by atoms with van der Waals surface area (Å²) in [4.78, 5) is 3.86. The first kappa shape index (κ1) is 12.7. The van der Waals surface area contributed by atoms with E-state index in [2.05, 4.69) is 10.3 Å². The molecular formula is C12H8ClF3N2. The minimum absolute atomic E-state index is 0.261. The number of hydrogen-bond acceptors (Lipinski definition) is 2. The van der Waals surface area contributed by atoms with Gasteiger partial charge in [0.1, 0.15) is 0 Å². The summed E-state index contributed by atoms with van der Waals surface area (Å²) < 4.78 is 37.1. The lowest BCUT2D eigenvalue weighted by Gasteiger charge is -2.10. The van der Waals surface area contributed by atoms with Crippen molar-refractivity contribution in [3.05, 3.63) is 53.3 Å². The third-order valence-electron chi connectivity index (χ3n) is 2.25. The Balaban J connectivity index is 2.19. The quantitative estimate of drug-likeness (QED) is 0.814. The minimum Gasteiger partial charge on any atom is -0.353 e. The van der Waals surface area contributed by atoms with E-state index in [1.165, 1.54) is 18.3 Å². The minimum atomic E-state index is -4.33. The normalized spacial score (nSPS) is 11.3. The average molecular weight is 273 g/mol. The first-order chi connectivity index (χ1) is 8.47. The Kier molecular flexibility index (Phi) is 3.43. The lowest BCUT2D eigenvalue weighted by molar-refractivity contribution is -0.137. The highest BCUT2D eigenvalue weighted by molar-refractivity contribution is 6.32. The molecule has 94 valence electrons. The second-order valence-corrected chi connectivity index (χ2v) is 3.90. The fraction of sp³-hybridized carbons (Fsp3) is 0.0833. The first-order valence-electron chi connectivity index (χ1n) is 5.01. The van der Waals surface area contributed by atoms with Crippen LogP contribution in [-0.2, 0) is 6.18 Å². The number of aromatic nitrogens is 1. The molecule has 2 rings (SSSR count). The van der Waals surface area contributed by atoms with Gasteiger partial charge in [-0.3, -0.25) is 0 Å². The van der Waals surface area contributed by atoms with E-state index in [-0.39, 0.29) is 5.15 Å². The van der Waals surface area contributed by atoms with Gasteiger partial charge >= 0.3 is 6.18 Å². The fourth-order valence-corrected chi connectivity index (χ4v) is 1.54. The maximum atomic E-state index is 12.4. The van der Waals surface area contributed by atoms with Gasteiger partial charge in [-0.1, -0.05) is 11.6 Å². The van der Waals surface area contributed by atoms with E-state index >= 15 is 0 Å². The van der Waals surface area contributed by atoms with E-state index in [0.717, 1.165) is 12.1 Å². The van der Waals surface area contributed by atoms with Crippen LogP contribution in [0.1, 0.15) is 5.56 Å². The Morgan fingerprint density at radius 3 is 2.28 bits per heavy atom. The molecule has 2 nitrogen and oxygen atoms in total. The molecule has 6 heteroatoms. The predicted molar refractivity (Wildman–Crippen MR) is 64.0 cm³/mol. The average Bonchev–Trinajstić information content (AvgIpc) is 2.32. The van der Waals surface area contributed by atoms with E-state index in [9.17, 15) is 13.2 Å². The summed E-state index contributed by atoms with van der Waals surface area (Å²) in [6.45, 7) is 0.